The monoisotopic (exact) mass is 678 g/mol. The standard InChI is InChI=1S/C37H50N4O8/c1-26-32(27-12-6-3-7-13-27)48-36(46)30-28-15-16-37(49-28)31(30)34(44)41(18-10-5-11-23-42)33(37)35(45)40(20-19-39-21-24-47-25-22-39)17-9-4-8-14-29(43)38(26)2/h3-4,6-7,9,12-13,15-16,26,28,30-33,42H,5,8,10-11,14,17-25H2,1-2H3/b9-4-/t26-,28+,30-,31-,32+,33+,37-/m0/s1. The van der Waals surface area contributed by atoms with E-state index in [0.29, 0.717) is 65.1 Å². The van der Waals surface area contributed by atoms with E-state index in [1.807, 2.05) is 55.5 Å². The van der Waals surface area contributed by atoms with Crippen LogP contribution in [0.2, 0.25) is 0 Å². The number of carbonyl (C=O) groups is 4. The molecule has 3 fully saturated rings. The number of aliphatic hydroxyl groups is 1. The largest absolute Gasteiger partial charge is 0.455 e. The maximum Gasteiger partial charge on any atom is 0.313 e. The predicted molar refractivity (Wildman–Crippen MR) is 180 cm³/mol. The number of morpholine rings is 1. The van der Waals surface area contributed by atoms with Crippen LogP contribution < -0.4 is 0 Å². The highest BCUT2D eigenvalue weighted by atomic mass is 16.6. The van der Waals surface area contributed by atoms with Gasteiger partial charge in [-0.2, -0.15) is 0 Å². The van der Waals surface area contributed by atoms with Gasteiger partial charge < -0.3 is 34.0 Å². The van der Waals surface area contributed by atoms with Crippen molar-refractivity contribution >= 4 is 23.7 Å². The molecule has 3 amide bonds. The molecule has 12 nitrogen and oxygen atoms in total. The van der Waals surface area contributed by atoms with Crippen molar-refractivity contribution in [2.24, 2.45) is 11.8 Å². The Morgan fingerprint density at radius 2 is 1.71 bits per heavy atom. The van der Waals surface area contributed by atoms with Crippen LogP contribution in [-0.2, 0) is 33.4 Å². The number of esters is 1. The van der Waals surface area contributed by atoms with Gasteiger partial charge in [-0.05, 0) is 38.2 Å². The van der Waals surface area contributed by atoms with Crippen LogP contribution in [0.4, 0.5) is 0 Å². The number of rotatable bonds is 9. The number of fused-ring (bicyclic) bond motifs is 2. The summed E-state index contributed by atoms with van der Waals surface area (Å²) in [4.78, 5) is 64.3. The summed E-state index contributed by atoms with van der Waals surface area (Å²) in [6.07, 6.45) is 8.61. The van der Waals surface area contributed by atoms with E-state index in [2.05, 4.69) is 4.90 Å². The number of allylic oxidation sites excluding steroid dienone is 1. The van der Waals surface area contributed by atoms with E-state index in [1.165, 1.54) is 0 Å². The van der Waals surface area contributed by atoms with Crippen LogP contribution in [0.3, 0.4) is 0 Å². The quantitative estimate of drug-likeness (QED) is 0.237. The molecule has 5 heterocycles. The van der Waals surface area contributed by atoms with E-state index in [0.717, 1.165) is 18.7 Å². The number of unbranched alkanes of at least 4 members (excludes halogenated alkanes) is 2. The Morgan fingerprint density at radius 3 is 2.47 bits per heavy atom. The third-order valence-corrected chi connectivity index (χ3v) is 10.9. The molecule has 5 aliphatic rings. The van der Waals surface area contributed by atoms with Gasteiger partial charge in [-0.1, -0.05) is 54.6 Å². The lowest BCUT2D eigenvalue weighted by molar-refractivity contribution is -0.164. The van der Waals surface area contributed by atoms with Gasteiger partial charge in [0.2, 0.25) is 17.7 Å². The molecule has 266 valence electrons. The molecule has 1 spiro atoms. The van der Waals surface area contributed by atoms with Gasteiger partial charge in [0.25, 0.3) is 0 Å². The van der Waals surface area contributed by atoms with Crippen molar-refractivity contribution in [3.8, 4) is 0 Å². The van der Waals surface area contributed by atoms with Gasteiger partial charge >= 0.3 is 5.97 Å². The minimum Gasteiger partial charge on any atom is -0.455 e. The second-order valence-electron chi connectivity index (χ2n) is 13.8. The summed E-state index contributed by atoms with van der Waals surface area (Å²) in [5.74, 6) is -3.08. The van der Waals surface area contributed by atoms with E-state index < -0.39 is 47.7 Å². The Bertz CT molecular complexity index is 1410. The van der Waals surface area contributed by atoms with Crippen LogP contribution in [0.25, 0.3) is 0 Å². The van der Waals surface area contributed by atoms with Gasteiger partial charge in [-0.25, -0.2) is 0 Å². The fourth-order valence-corrected chi connectivity index (χ4v) is 8.00. The first-order valence-electron chi connectivity index (χ1n) is 17.8. The third kappa shape index (κ3) is 7.06. The normalized spacial score (nSPS) is 33.3. The molecule has 3 saturated heterocycles. The number of likely N-dealkylation sites (N-methyl/N-ethyl adjacent to an activating group) is 1. The van der Waals surface area contributed by atoms with Crippen molar-refractivity contribution in [3.05, 3.63) is 60.2 Å². The molecule has 0 radical (unpaired) electrons. The first-order valence-corrected chi connectivity index (χ1v) is 17.8. The maximum atomic E-state index is 14.8. The fraction of sp³-hybridized carbons (Fsp3) is 0.622. The van der Waals surface area contributed by atoms with Crippen LogP contribution >= 0.6 is 0 Å². The lowest BCUT2D eigenvalue weighted by Gasteiger charge is -2.37. The van der Waals surface area contributed by atoms with Crippen molar-refractivity contribution in [2.45, 2.75) is 68.9 Å². The predicted octanol–water partition coefficient (Wildman–Crippen LogP) is 1.94. The van der Waals surface area contributed by atoms with Gasteiger partial charge in [0.05, 0.1) is 31.3 Å². The van der Waals surface area contributed by atoms with Crippen LogP contribution in [0, 0.1) is 11.8 Å². The number of benzene rings is 1. The summed E-state index contributed by atoms with van der Waals surface area (Å²) < 4.78 is 18.4. The molecule has 1 aromatic rings. The van der Waals surface area contributed by atoms with Crippen molar-refractivity contribution < 1.29 is 38.5 Å². The Balaban J connectivity index is 1.37. The zero-order valence-electron chi connectivity index (χ0n) is 28.7. The number of hydrogen-bond acceptors (Lipinski definition) is 9. The third-order valence-electron chi connectivity index (χ3n) is 10.9. The van der Waals surface area contributed by atoms with Gasteiger partial charge in [0.1, 0.15) is 23.7 Å². The minimum absolute atomic E-state index is 0.0494. The second kappa shape index (κ2) is 15.5. The number of nitrogens with zero attached hydrogens (tertiary/aromatic N) is 4. The van der Waals surface area contributed by atoms with Crippen molar-refractivity contribution in [2.75, 3.05) is 66.1 Å². The summed E-state index contributed by atoms with van der Waals surface area (Å²) in [7, 11) is 1.72. The number of aliphatic hydroxyl groups excluding tert-OH is 1. The molecule has 1 aromatic carbocycles. The van der Waals surface area contributed by atoms with Crippen molar-refractivity contribution in [3.63, 3.8) is 0 Å². The highest BCUT2D eigenvalue weighted by Crippen LogP contribution is 2.56. The van der Waals surface area contributed by atoms with Gasteiger partial charge in [-0.3, -0.25) is 24.1 Å². The van der Waals surface area contributed by atoms with Crippen LogP contribution in [-0.4, -0.2) is 138 Å². The van der Waals surface area contributed by atoms with E-state index >= 15 is 0 Å². The molecule has 1 N–H and O–H groups in total. The summed E-state index contributed by atoms with van der Waals surface area (Å²) in [5.41, 5.74) is -0.572. The number of likely N-dealkylation sites (tertiary alicyclic amines) is 1. The van der Waals surface area contributed by atoms with E-state index in [1.54, 1.807) is 27.8 Å². The van der Waals surface area contributed by atoms with Gasteiger partial charge in [0.15, 0.2) is 0 Å². The molecule has 5 aliphatic heterocycles. The summed E-state index contributed by atoms with van der Waals surface area (Å²) in [6.45, 7) is 6.44. The van der Waals surface area contributed by atoms with E-state index in [9.17, 15) is 24.3 Å². The fourth-order valence-electron chi connectivity index (χ4n) is 8.00. The maximum absolute atomic E-state index is 14.8. The van der Waals surface area contributed by atoms with Gasteiger partial charge in [-0.15, -0.1) is 0 Å². The Morgan fingerprint density at radius 1 is 0.939 bits per heavy atom. The molecule has 7 atom stereocenters. The Hall–Kier alpha value is -3.58. The zero-order valence-corrected chi connectivity index (χ0v) is 28.7. The highest BCUT2D eigenvalue weighted by Gasteiger charge is 2.73. The highest BCUT2D eigenvalue weighted by molar-refractivity contribution is 5.99. The van der Waals surface area contributed by atoms with Crippen LogP contribution in [0.5, 0.6) is 0 Å². The van der Waals surface area contributed by atoms with Crippen molar-refractivity contribution in [1.82, 2.24) is 19.6 Å². The molecule has 49 heavy (non-hydrogen) atoms. The number of ether oxygens (including phenoxy) is 3. The van der Waals surface area contributed by atoms with Crippen molar-refractivity contribution in [1.29, 1.82) is 0 Å². The summed E-state index contributed by atoms with van der Waals surface area (Å²) in [5, 5.41) is 9.39. The summed E-state index contributed by atoms with van der Waals surface area (Å²) >= 11 is 0. The van der Waals surface area contributed by atoms with Gasteiger partial charge in [0, 0.05) is 59.3 Å². The molecular weight excluding hydrogens is 628 g/mol. The SMILES string of the molecule is C[C@H]1[C@H](c2ccccc2)OC(=O)[C@@H]2[C@H]3C(=O)N(CCCCCO)[C@H](C(=O)N(CCN4CCOCC4)C/C=C\CCC(=O)N1C)[C@]31C=C[C@H]2O1. The first-order chi connectivity index (χ1) is 23.8. The summed E-state index contributed by atoms with van der Waals surface area (Å²) in [6, 6.07) is 7.89. The minimum atomic E-state index is -1.31. The number of carbonyl (C=O) groups excluding carboxylic acids is 4. The molecule has 0 saturated carbocycles. The Kier molecular flexibility index (Phi) is 11.2. The molecule has 0 aromatic heterocycles. The number of amides is 3. The first kappa shape index (κ1) is 35.3. The number of hydrogen-bond donors (Lipinski definition) is 1. The molecule has 0 unspecified atom stereocenters. The van der Waals surface area contributed by atoms with Crippen LogP contribution in [0.15, 0.2) is 54.6 Å². The molecule has 6 rings (SSSR count). The van der Waals surface area contributed by atoms with E-state index in [-0.39, 0.29) is 30.7 Å². The van der Waals surface area contributed by atoms with Crippen LogP contribution in [0.1, 0.15) is 50.7 Å². The lowest BCUT2D eigenvalue weighted by atomic mass is 9.74. The topological polar surface area (TPSA) is 129 Å². The average Bonchev–Trinajstić information content (AvgIpc) is 3.76. The molecular formula is C37H50N4O8. The lowest BCUT2D eigenvalue weighted by Crippen LogP contribution is -2.57. The second-order valence-corrected chi connectivity index (χ2v) is 13.8. The molecule has 0 aliphatic carbocycles. The number of cyclic esters (lactones) is 1. The Labute approximate surface area is 288 Å². The zero-order chi connectivity index (χ0) is 34.5. The molecule has 5 bridgehead atoms. The average molecular weight is 679 g/mol. The smallest absolute Gasteiger partial charge is 0.313 e. The molecule has 12 heteroatoms. The van der Waals surface area contributed by atoms with E-state index in [4.69, 9.17) is 14.2 Å².